The number of rotatable bonds is 5. The van der Waals surface area contributed by atoms with Crippen molar-refractivity contribution in [1.29, 1.82) is 0 Å². The van der Waals surface area contributed by atoms with Gasteiger partial charge in [0.05, 0.1) is 4.90 Å². The van der Waals surface area contributed by atoms with E-state index >= 15 is 0 Å². The number of amides is 1. The van der Waals surface area contributed by atoms with Gasteiger partial charge >= 0.3 is 0 Å². The SMILES string of the molecule is O=C(N[C@H]1C[C@H]2CC[C@H]1C2)c1cccc(S(=O)(=O)Nc2ccc(F)cc2)c1. The summed E-state index contributed by atoms with van der Waals surface area (Å²) < 4.78 is 40.5. The second-order valence-corrected chi connectivity index (χ2v) is 9.08. The zero-order chi connectivity index (χ0) is 19.0. The number of fused-ring (bicyclic) bond motifs is 2. The van der Waals surface area contributed by atoms with E-state index in [0.717, 1.165) is 12.8 Å². The standard InChI is InChI=1S/C20H21FN2O3S/c21-16-6-8-17(9-7-16)23-27(25,26)18-3-1-2-15(12-18)20(24)22-19-11-13-4-5-14(19)10-13/h1-3,6-9,12-14,19,23H,4-5,10-11H2,(H,22,24)/t13-,14-,19-/m0/s1. The molecule has 142 valence electrons. The van der Waals surface area contributed by atoms with E-state index in [9.17, 15) is 17.6 Å². The lowest BCUT2D eigenvalue weighted by atomic mass is 9.95. The fourth-order valence-electron chi connectivity index (χ4n) is 4.21. The number of hydrogen-bond acceptors (Lipinski definition) is 3. The zero-order valence-electron chi connectivity index (χ0n) is 14.7. The Morgan fingerprint density at radius 2 is 1.81 bits per heavy atom. The molecule has 0 heterocycles. The van der Waals surface area contributed by atoms with Crippen LogP contribution in [-0.4, -0.2) is 20.4 Å². The van der Waals surface area contributed by atoms with Gasteiger partial charge in [0, 0.05) is 17.3 Å². The largest absolute Gasteiger partial charge is 0.349 e. The normalized spacial score (nSPS) is 24.0. The third-order valence-corrected chi connectivity index (χ3v) is 6.94. The van der Waals surface area contributed by atoms with E-state index in [2.05, 4.69) is 10.0 Å². The number of hydrogen-bond donors (Lipinski definition) is 2. The summed E-state index contributed by atoms with van der Waals surface area (Å²) in [4.78, 5) is 12.6. The van der Waals surface area contributed by atoms with Crippen LogP contribution in [0.3, 0.4) is 0 Å². The Morgan fingerprint density at radius 3 is 2.48 bits per heavy atom. The van der Waals surface area contributed by atoms with Gasteiger partial charge in [-0.2, -0.15) is 0 Å². The van der Waals surface area contributed by atoms with Crippen molar-refractivity contribution in [3.8, 4) is 0 Å². The molecule has 2 saturated carbocycles. The molecule has 0 spiro atoms. The highest BCUT2D eigenvalue weighted by atomic mass is 32.2. The molecule has 2 fully saturated rings. The predicted molar refractivity (Wildman–Crippen MR) is 100 cm³/mol. The average molecular weight is 388 g/mol. The molecule has 0 radical (unpaired) electrons. The van der Waals surface area contributed by atoms with Crippen LogP contribution in [0.1, 0.15) is 36.0 Å². The van der Waals surface area contributed by atoms with Gasteiger partial charge in [0.15, 0.2) is 0 Å². The van der Waals surface area contributed by atoms with Gasteiger partial charge in [-0.05, 0) is 73.6 Å². The second-order valence-electron chi connectivity index (χ2n) is 7.40. The Balaban J connectivity index is 1.49. The third-order valence-electron chi connectivity index (χ3n) is 5.56. The van der Waals surface area contributed by atoms with Crippen LogP contribution in [0.25, 0.3) is 0 Å². The molecular weight excluding hydrogens is 367 g/mol. The Bertz CT molecular complexity index is 959. The Kier molecular flexibility index (Phi) is 4.63. The van der Waals surface area contributed by atoms with Gasteiger partial charge < -0.3 is 5.32 Å². The molecule has 5 nitrogen and oxygen atoms in total. The maximum Gasteiger partial charge on any atom is 0.261 e. The summed E-state index contributed by atoms with van der Waals surface area (Å²) in [6.07, 6.45) is 4.60. The first-order valence-corrected chi connectivity index (χ1v) is 10.6. The molecule has 2 aliphatic rings. The molecule has 0 aliphatic heterocycles. The van der Waals surface area contributed by atoms with E-state index in [-0.39, 0.29) is 22.5 Å². The number of halogens is 1. The van der Waals surface area contributed by atoms with Gasteiger partial charge in [0.1, 0.15) is 5.82 Å². The molecule has 2 aromatic carbocycles. The van der Waals surface area contributed by atoms with Crippen LogP contribution in [0.4, 0.5) is 10.1 Å². The maximum absolute atomic E-state index is 13.0. The first-order valence-electron chi connectivity index (χ1n) is 9.10. The molecule has 2 bridgehead atoms. The lowest BCUT2D eigenvalue weighted by molar-refractivity contribution is 0.0922. The fourth-order valence-corrected chi connectivity index (χ4v) is 5.31. The molecule has 3 atom stereocenters. The van der Waals surface area contributed by atoms with E-state index in [0.29, 0.717) is 17.4 Å². The molecule has 2 aromatic rings. The van der Waals surface area contributed by atoms with Crippen molar-refractivity contribution in [3.63, 3.8) is 0 Å². The monoisotopic (exact) mass is 388 g/mol. The van der Waals surface area contributed by atoms with E-state index < -0.39 is 15.8 Å². The minimum absolute atomic E-state index is 0.00702. The fraction of sp³-hybridized carbons (Fsp3) is 0.350. The van der Waals surface area contributed by atoms with Crippen molar-refractivity contribution in [3.05, 3.63) is 59.9 Å². The molecule has 27 heavy (non-hydrogen) atoms. The molecule has 0 unspecified atom stereocenters. The summed E-state index contributed by atoms with van der Waals surface area (Å²) >= 11 is 0. The second kappa shape index (κ2) is 6.96. The Hall–Kier alpha value is -2.41. The highest BCUT2D eigenvalue weighted by Gasteiger charge is 2.40. The van der Waals surface area contributed by atoms with Crippen molar-refractivity contribution in [2.24, 2.45) is 11.8 Å². The van der Waals surface area contributed by atoms with Gasteiger partial charge in [-0.1, -0.05) is 12.5 Å². The summed E-state index contributed by atoms with van der Waals surface area (Å²) in [6.45, 7) is 0. The average Bonchev–Trinajstić information content (AvgIpc) is 3.27. The highest BCUT2D eigenvalue weighted by Crippen LogP contribution is 2.44. The van der Waals surface area contributed by atoms with E-state index in [4.69, 9.17) is 0 Å². The lowest BCUT2D eigenvalue weighted by Crippen LogP contribution is -2.38. The van der Waals surface area contributed by atoms with Crippen LogP contribution in [-0.2, 0) is 10.0 Å². The Labute approximate surface area is 158 Å². The first kappa shape index (κ1) is 18.0. The minimum Gasteiger partial charge on any atom is -0.349 e. The molecule has 0 aromatic heterocycles. The van der Waals surface area contributed by atoms with Crippen LogP contribution >= 0.6 is 0 Å². The summed E-state index contributed by atoms with van der Waals surface area (Å²) in [5, 5.41) is 3.07. The smallest absolute Gasteiger partial charge is 0.261 e. The number of anilines is 1. The van der Waals surface area contributed by atoms with Gasteiger partial charge in [-0.3, -0.25) is 9.52 Å². The highest BCUT2D eigenvalue weighted by molar-refractivity contribution is 7.92. The van der Waals surface area contributed by atoms with Crippen molar-refractivity contribution in [2.45, 2.75) is 36.6 Å². The number of sulfonamides is 1. The summed E-state index contributed by atoms with van der Waals surface area (Å²) in [5.74, 6) is 0.571. The molecular formula is C20H21FN2O3S. The van der Waals surface area contributed by atoms with Crippen molar-refractivity contribution >= 4 is 21.6 Å². The van der Waals surface area contributed by atoms with Crippen LogP contribution in [0.2, 0.25) is 0 Å². The predicted octanol–water partition coefficient (Wildman–Crippen LogP) is 3.54. The Morgan fingerprint density at radius 1 is 1.04 bits per heavy atom. The number of carbonyl (C=O) groups excluding carboxylic acids is 1. The third kappa shape index (κ3) is 3.83. The van der Waals surface area contributed by atoms with Crippen LogP contribution in [0.5, 0.6) is 0 Å². The molecule has 2 N–H and O–H groups in total. The quantitative estimate of drug-likeness (QED) is 0.823. The summed E-state index contributed by atoms with van der Waals surface area (Å²) in [6, 6.07) is 11.2. The van der Waals surface area contributed by atoms with E-state index in [1.807, 2.05) is 0 Å². The van der Waals surface area contributed by atoms with Crippen molar-refractivity contribution < 1.29 is 17.6 Å². The van der Waals surface area contributed by atoms with Crippen LogP contribution in [0, 0.1) is 17.7 Å². The maximum atomic E-state index is 13.0. The van der Waals surface area contributed by atoms with Crippen LogP contribution in [0.15, 0.2) is 53.4 Å². The number of benzene rings is 2. The molecule has 2 aliphatic carbocycles. The zero-order valence-corrected chi connectivity index (χ0v) is 15.5. The van der Waals surface area contributed by atoms with Crippen LogP contribution < -0.4 is 10.0 Å². The first-order chi connectivity index (χ1) is 12.9. The van der Waals surface area contributed by atoms with E-state index in [1.54, 1.807) is 12.1 Å². The van der Waals surface area contributed by atoms with Gasteiger partial charge in [0.2, 0.25) is 0 Å². The lowest BCUT2D eigenvalue weighted by Gasteiger charge is -2.23. The molecule has 0 saturated heterocycles. The summed E-state index contributed by atoms with van der Waals surface area (Å²) in [7, 11) is -3.87. The van der Waals surface area contributed by atoms with Gasteiger partial charge in [0.25, 0.3) is 15.9 Å². The van der Waals surface area contributed by atoms with Gasteiger partial charge in [-0.15, -0.1) is 0 Å². The number of carbonyl (C=O) groups is 1. The van der Waals surface area contributed by atoms with Gasteiger partial charge in [-0.25, -0.2) is 12.8 Å². The summed E-state index contributed by atoms with van der Waals surface area (Å²) in [5.41, 5.74) is 0.577. The molecule has 1 amide bonds. The molecule has 4 rings (SSSR count). The van der Waals surface area contributed by atoms with Crippen molar-refractivity contribution in [1.82, 2.24) is 5.32 Å². The van der Waals surface area contributed by atoms with E-state index in [1.165, 1.54) is 49.2 Å². The topological polar surface area (TPSA) is 75.3 Å². The number of nitrogens with one attached hydrogen (secondary N) is 2. The van der Waals surface area contributed by atoms with Crippen molar-refractivity contribution in [2.75, 3.05) is 4.72 Å². The molecule has 7 heteroatoms. The minimum atomic E-state index is -3.87.